The highest BCUT2D eigenvalue weighted by Gasteiger charge is 2.41. The first kappa shape index (κ1) is 11.9. The molecule has 0 aromatic heterocycles. The van der Waals surface area contributed by atoms with Crippen molar-refractivity contribution < 1.29 is 9.59 Å². The van der Waals surface area contributed by atoms with Gasteiger partial charge in [0.05, 0.1) is 12.1 Å². The molecule has 15 heavy (non-hydrogen) atoms. The molecule has 2 unspecified atom stereocenters. The van der Waals surface area contributed by atoms with Crippen LogP contribution in [0.5, 0.6) is 0 Å². The Morgan fingerprint density at radius 3 is 2.33 bits per heavy atom. The third-order valence-corrected chi connectivity index (χ3v) is 2.79. The normalized spacial score (nSPS) is 23.3. The maximum Gasteiger partial charge on any atom is 0.251 e. The summed E-state index contributed by atoms with van der Waals surface area (Å²) in [5, 5.41) is 0. The quantitative estimate of drug-likeness (QED) is 0.303. The van der Waals surface area contributed by atoms with Crippen LogP contribution in [0.2, 0.25) is 0 Å². The Morgan fingerprint density at radius 2 is 2.07 bits per heavy atom. The molecule has 1 heterocycles. The van der Waals surface area contributed by atoms with Crippen LogP contribution in [-0.4, -0.2) is 35.3 Å². The van der Waals surface area contributed by atoms with E-state index < -0.39 is 0 Å². The predicted molar refractivity (Wildman–Crippen MR) is 55.3 cm³/mol. The second-order valence-electron chi connectivity index (χ2n) is 4.14. The second-order valence-corrected chi connectivity index (χ2v) is 4.14. The molecule has 86 valence electrons. The molecule has 2 atom stereocenters. The average Bonchev–Trinajstić information content (AvgIpc) is 2.09. The van der Waals surface area contributed by atoms with E-state index in [1.807, 2.05) is 13.8 Å². The molecule has 2 amide bonds. The fourth-order valence-corrected chi connectivity index (χ4v) is 1.97. The zero-order chi connectivity index (χ0) is 11.6. The summed E-state index contributed by atoms with van der Waals surface area (Å²) in [5.74, 6) is 4.55. The molecule has 1 rings (SSSR count). The number of carbonyl (C=O) groups excluding carboxylic acids is 2. The van der Waals surface area contributed by atoms with Crippen molar-refractivity contribution in [3.63, 3.8) is 0 Å². The van der Waals surface area contributed by atoms with E-state index in [4.69, 9.17) is 11.6 Å². The summed E-state index contributed by atoms with van der Waals surface area (Å²) < 4.78 is 0. The number of amides is 2. The van der Waals surface area contributed by atoms with Gasteiger partial charge in [-0.25, -0.2) is 5.84 Å². The van der Waals surface area contributed by atoms with E-state index >= 15 is 0 Å². The van der Waals surface area contributed by atoms with Crippen molar-refractivity contribution in [3.8, 4) is 0 Å². The molecule has 6 nitrogen and oxygen atoms in total. The molecule has 1 aliphatic rings. The second kappa shape index (κ2) is 4.59. The van der Waals surface area contributed by atoms with Gasteiger partial charge in [0.1, 0.15) is 0 Å². The third-order valence-electron chi connectivity index (χ3n) is 2.79. The van der Waals surface area contributed by atoms with Crippen molar-refractivity contribution in [1.29, 1.82) is 0 Å². The average molecular weight is 214 g/mol. The van der Waals surface area contributed by atoms with Gasteiger partial charge in [-0.3, -0.25) is 19.9 Å². The maximum absolute atomic E-state index is 11.5. The molecule has 0 aromatic carbocycles. The molecule has 0 bridgehead atoms. The molecular formula is C9H18N4O2. The third kappa shape index (κ3) is 2.27. The minimum absolute atomic E-state index is 0.0932. The lowest BCUT2D eigenvalue weighted by Crippen LogP contribution is -2.64. The number of nitrogens with zero attached hydrogens (tertiary/aromatic N) is 1. The Hall–Kier alpha value is -1.14. The number of nitrogens with two attached hydrogens (primary N) is 2. The van der Waals surface area contributed by atoms with E-state index in [0.717, 1.165) is 6.42 Å². The summed E-state index contributed by atoms with van der Waals surface area (Å²) in [6, 6.07) is -0.698. The molecule has 0 spiro atoms. The number of carbonyl (C=O) groups is 2. The highest BCUT2D eigenvalue weighted by molar-refractivity contribution is 5.85. The van der Waals surface area contributed by atoms with Crippen molar-refractivity contribution in [1.82, 2.24) is 10.3 Å². The SMILES string of the molecule is CC(C)C(C(=O)NN)N1CCC1C(N)=O. The van der Waals surface area contributed by atoms with Gasteiger partial charge in [-0.2, -0.15) is 0 Å². The number of primary amides is 1. The van der Waals surface area contributed by atoms with Crippen molar-refractivity contribution >= 4 is 11.8 Å². The van der Waals surface area contributed by atoms with Gasteiger partial charge in [0, 0.05) is 6.54 Å². The largest absolute Gasteiger partial charge is 0.368 e. The summed E-state index contributed by atoms with van der Waals surface area (Å²) in [5.41, 5.74) is 7.35. The van der Waals surface area contributed by atoms with Gasteiger partial charge in [0.25, 0.3) is 5.91 Å². The van der Waals surface area contributed by atoms with Crippen LogP contribution in [0.3, 0.4) is 0 Å². The van der Waals surface area contributed by atoms with Gasteiger partial charge >= 0.3 is 0 Å². The number of hydrogen-bond acceptors (Lipinski definition) is 4. The Morgan fingerprint density at radius 1 is 1.47 bits per heavy atom. The molecule has 1 aliphatic heterocycles. The predicted octanol–water partition coefficient (Wildman–Crippen LogP) is -1.44. The topological polar surface area (TPSA) is 101 Å². The summed E-state index contributed by atoms with van der Waals surface area (Å²) in [6.45, 7) is 4.54. The standard InChI is InChI=1S/C9H18N4O2/c1-5(2)7(9(15)12-11)13-4-3-6(13)8(10)14/h5-7H,3-4,11H2,1-2H3,(H2,10,14)(H,12,15). The Kier molecular flexibility index (Phi) is 3.65. The first-order valence-electron chi connectivity index (χ1n) is 5.04. The van der Waals surface area contributed by atoms with Crippen molar-refractivity contribution in [3.05, 3.63) is 0 Å². The smallest absolute Gasteiger partial charge is 0.251 e. The van der Waals surface area contributed by atoms with E-state index in [1.54, 1.807) is 4.90 Å². The summed E-state index contributed by atoms with van der Waals surface area (Å²) in [7, 11) is 0. The number of nitrogens with one attached hydrogen (secondary N) is 1. The maximum atomic E-state index is 11.5. The Labute approximate surface area is 88.9 Å². The Bertz CT molecular complexity index is 267. The summed E-state index contributed by atoms with van der Waals surface area (Å²) in [6.07, 6.45) is 0.719. The molecule has 0 aliphatic carbocycles. The van der Waals surface area contributed by atoms with Gasteiger partial charge in [-0.15, -0.1) is 0 Å². The molecule has 5 N–H and O–H groups in total. The van der Waals surface area contributed by atoms with Crippen LogP contribution in [0.1, 0.15) is 20.3 Å². The van der Waals surface area contributed by atoms with Gasteiger partial charge in [-0.1, -0.05) is 13.8 Å². The fourth-order valence-electron chi connectivity index (χ4n) is 1.97. The zero-order valence-electron chi connectivity index (χ0n) is 9.06. The molecule has 0 radical (unpaired) electrons. The molecule has 1 saturated heterocycles. The van der Waals surface area contributed by atoms with E-state index in [1.165, 1.54) is 0 Å². The monoisotopic (exact) mass is 214 g/mol. The van der Waals surface area contributed by atoms with E-state index in [0.29, 0.717) is 6.54 Å². The molecule has 6 heteroatoms. The minimum atomic E-state index is -0.378. The number of hydrazine groups is 1. The highest BCUT2D eigenvalue weighted by atomic mass is 16.2. The van der Waals surface area contributed by atoms with Crippen LogP contribution in [0.15, 0.2) is 0 Å². The molecular weight excluding hydrogens is 196 g/mol. The number of hydrogen-bond donors (Lipinski definition) is 3. The fraction of sp³-hybridized carbons (Fsp3) is 0.778. The van der Waals surface area contributed by atoms with E-state index in [2.05, 4.69) is 5.43 Å². The molecule has 1 fully saturated rings. The van der Waals surface area contributed by atoms with Crippen LogP contribution in [0, 0.1) is 5.92 Å². The van der Waals surface area contributed by atoms with E-state index in [-0.39, 0.29) is 29.8 Å². The van der Waals surface area contributed by atoms with Gasteiger partial charge in [0.15, 0.2) is 0 Å². The van der Waals surface area contributed by atoms with Gasteiger partial charge < -0.3 is 5.73 Å². The van der Waals surface area contributed by atoms with Crippen molar-refractivity contribution in [2.24, 2.45) is 17.5 Å². The summed E-state index contributed by atoms with van der Waals surface area (Å²) in [4.78, 5) is 24.4. The first-order chi connectivity index (χ1) is 6.99. The van der Waals surface area contributed by atoms with E-state index in [9.17, 15) is 9.59 Å². The summed E-state index contributed by atoms with van der Waals surface area (Å²) >= 11 is 0. The lowest BCUT2D eigenvalue weighted by Gasteiger charge is -2.44. The van der Waals surface area contributed by atoms with Crippen molar-refractivity contribution in [2.75, 3.05) is 6.54 Å². The highest BCUT2D eigenvalue weighted by Crippen LogP contribution is 2.24. The van der Waals surface area contributed by atoms with Gasteiger partial charge in [-0.05, 0) is 12.3 Å². The molecule has 0 aromatic rings. The first-order valence-corrected chi connectivity index (χ1v) is 5.04. The van der Waals surface area contributed by atoms with Crippen LogP contribution in [0.4, 0.5) is 0 Å². The lowest BCUT2D eigenvalue weighted by atomic mass is 9.92. The van der Waals surface area contributed by atoms with Crippen molar-refractivity contribution in [2.45, 2.75) is 32.4 Å². The van der Waals surface area contributed by atoms with Crippen LogP contribution < -0.4 is 17.0 Å². The number of rotatable bonds is 4. The van der Waals surface area contributed by atoms with Crippen LogP contribution in [0.25, 0.3) is 0 Å². The number of likely N-dealkylation sites (tertiary alicyclic amines) is 1. The Balaban J connectivity index is 2.73. The lowest BCUT2D eigenvalue weighted by molar-refractivity contribution is -0.139. The van der Waals surface area contributed by atoms with Gasteiger partial charge in [0.2, 0.25) is 5.91 Å². The zero-order valence-corrected chi connectivity index (χ0v) is 9.06. The van der Waals surface area contributed by atoms with Crippen LogP contribution in [-0.2, 0) is 9.59 Å². The molecule has 0 saturated carbocycles. The minimum Gasteiger partial charge on any atom is -0.368 e. The van der Waals surface area contributed by atoms with Crippen LogP contribution >= 0.6 is 0 Å².